The lowest BCUT2D eigenvalue weighted by atomic mass is 10.0. The molecule has 1 aromatic carbocycles. The Morgan fingerprint density at radius 3 is 2.52 bits per heavy atom. The van der Waals surface area contributed by atoms with E-state index in [4.69, 9.17) is 5.14 Å². The van der Waals surface area contributed by atoms with Gasteiger partial charge in [-0.25, -0.2) is 27.9 Å². The van der Waals surface area contributed by atoms with Crippen LogP contribution < -0.4 is 10.5 Å². The molecule has 2 aromatic heterocycles. The zero-order chi connectivity index (χ0) is 24.6. The highest BCUT2D eigenvalue weighted by molar-refractivity contribution is 7.89. The molecule has 3 aromatic rings. The second-order valence-electron chi connectivity index (χ2n) is 7.54. The molecule has 1 atom stereocenters. The van der Waals surface area contributed by atoms with Gasteiger partial charge in [-0.15, -0.1) is 0 Å². The topological polar surface area (TPSA) is 136 Å². The minimum atomic E-state index is -4.78. The normalized spacial score (nSPS) is 14.2. The van der Waals surface area contributed by atoms with Crippen LogP contribution in [0.4, 0.5) is 29.2 Å². The Labute approximate surface area is 186 Å². The van der Waals surface area contributed by atoms with Crippen molar-refractivity contribution < 1.29 is 31.1 Å². The van der Waals surface area contributed by atoms with Crippen molar-refractivity contribution in [3.05, 3.63) is 48.2 Å². The fourth-order valence-corrected chi connectivity index (χ4v) is 3.32. The summed E-state index contributed by atoms with van der Waals surface area (Å²) in [5.41, 5.74) is -3.04. The number of primary sulfonamides is 1. The summed E-state index contributed by atoms with van der Waals surface area (Å²) in [6, 6.07) is 2.72. The molecule has 3 rings (SSSR count). The SMILES string of the molecule is CC[C@](C)(O)Cn1cc(-c2nc(Nc3ccc(S(N)(=O)=O)cc3F)ncc2C(F)(F)F)cn1. The smallest absolute Gasteiger partial charge is 0.388 e. The maximum absolute atomic E-state index is 14.3. The van der Waals surface area contributed by atoms with E-state index in [1.54, 1.807) is 13.8 Å². The summed E-state index contributed by atoms with van der Waals surface area (Å²) in [5, 5.41) is 21.6. The molecule has 178 valence electrons. The number of aliphatic hydroxyl groups is 1. The second kappa shape index (κ2) is 8.68. The van der Waals surface area contributed by atoms with Crippen LogP contribution in [0.15, 0.2) is 41.7 Å². The van der Waals surface area contributed by atoms with Crippen molar-refractivity contribution in [1.82, 2.24) is 19.7 Å². The molecule has 4 N–H and O–H groups in total. The predicted octanol–water partition coefficient (Wildman–Crippen LogP) is 3.05. The molecule has 0 aliphatic carbocycles. The van der Waals surface area contributed by atoms with Gasteiger partial charge in [0.15, 0.2) is 0 Å². The van der Waals surface area contributed by atoms with Crippen LogP contribution >= 0.6 is 0 Å². The predicted molar refractivity (Wildman–Crippen MR) is 110 cm³/mol. The molecule has 33 heavy (non-hydrogen) atoms. The quantitative estimate of drug-likeness (QED) is 0.435. The molecule has 0 saturated heterocycles. The maximum atomic E-state index is 14.3. The first-order valence-electron chi connectivity index (χ1n) is 9.48. The van der Waals surface area contributed by atoms with E-state index in [-0.39, 0.29) is 23.7 Å². The van der Waals surface area contributed by atoms with Gasteiger partial charge in [0.25, 0.3) is 0 Å². The summed E-state index contributed by atoms with van der Waals surface area (Å²) in [7, 11) is -4.14. The van der Waals surface area contributed by atoms with E-state index in [0.717, 1.165) is 18.3 Å². The number of benzene rings is 1. The van der Waals surface area contributed by atoms with Gasteiger partial charge in [-0.1, -0.05) is 6.92 Å². The van der Waals surface area contributed by atoms with Crippen molar-refractivity contribution in [1.29, 1.82) is 0 Å². The highest BCUT2D eigenvalue weighted by atomic mass is 32.2. The third-order valence-corrected chi connectivity index (χ3v) is 5.69. The number of hydrogen-bond acceptors (Lipinski definition) is 7. The largest absolute Gasteiger partial charge is 0.419 e. The van der Waals surface area contributed by atoms with Crippen molar-refractivity contribution in [2.24, 2.45) is 5.14 Å². The number of aromatic nitrogens is 4. The van der Waals surface area contributed by atoms with Crippen molar-refractivity contribution >= 4 is 21.7 Å². The van der Waals surface area contributed by atoms with Crippen molar-refractivity contribution in [2.75, 3.05) is 5.32 Å². The van der Waals surface area contributed by atoms with Crippen LogP contribution in [0.5, 0.6) is 0 Å². The fourth-order valence-electron chi connectivity index (χ4n) is 2.80. The van der Waals surface area contributed by atoms with E-state index in [1.165, 1.54) is 10.9 Å². The molecule has 0 radical (unpaired) electrons. The Morgan fingerprint density at radius 2 is 1.94 bits per heavy atom. The van der Waals surface area contributed by atoms with Gasteiger partial charge in [-0.05, 0) is 31.5 Å². The van der Waals surface area contributed by atoms with Gasteiger partial charge in [-0.3, -0.25) is 4.68 Å². The summed E-state index contributed by atoms with van der Waals surface area (Å²) < 4.78 is 78.9. The van der Waals surface area contributed by atoms with Crippen molar-refractivity contribution in [3.8, 4) is 11.3 Å². The van der Waals surface area contributed by atoms with Gasteiger partial charge in [0.2, 0.25) is 16.0 Å². The Bertz CT molecular complexity index is 1270. The standard InChI is InChI=1S/C19H20F4N6O3S/c1-3-18(2,30)10-29-9-11(7-26-29)16-13(19(21,22)23)8-25-17(28-16)27-15-5-4-12(6-14(15)20)33(24,31)32/h4-9,30H,3,10H2,1-2H3,(H2,24,31,32)(H,25,27,28)/t18-/m0/s1. The molecule has 0 amide bonds. The lowest BCUT2D eigenvalue weighted by molar-refractivity contribution is -0.137. The zero-order valence-electron chi connectivity index (χ0n) is 17.4. The number of sulfonamides is 1. The first-order chi connectivity index (χ1) is 15.2. The Balaban J connectivity index is 1.99. The van der Waals surface area contributed by atoms with Gasteiger partial charge in [-0.2, -0.15) is 18.3 Å². The number of rotatable bonds is 7. The van der Waals surface area contributed by atoms with Crippen LogP contribution in [0.1, 0.15) is 25.8 Å². The van der Waals surface area contributed by atoms with E-state index >= 15 is 0 Å². The van der Waals surface area contributed by atoms with Gasteiger partial charge < -0.3 is 10.4 Å². The minimum absolute atomic E-state index is 0.00437. The Morgan fingerprint density at radius 1 is 1.24 bits per heavy atom. The lowest BCUT2D eigenvalue weighted by Gasteiger charge is -2.20. The molecule has 0 aliphatic rings. The molecule has 0 aliphatic heterocycles. The highest BCUT2D eigenvalue weighted by Gasteiger charge is 2.36. The first-order valence-corrected chi connectivity index (χ1v) is 11.0. The number of halogens is 4. The van der Waals surface area contributed by atoms with Crippen LogP contribution in [0.3, 0.4) is 0 Å². The molecular formula is C19H20F4N6O3S. The Kier molecular flexibility index (Phi) is 6.46. The fraction of sp³-hybridized carbons (Fsp3) is 0.316. The number of nitrogens with two attached hydrogens (primary N) is 1. The maximum Gasteiger partial charge on any atom is 0.419 e. The third-order valence-electron chi connectivity index (χ3n) is 4.78. The monoisotopic (exact) mass is 488 g/mol. The number of alkyl halides is 3. The molecule has 0 fully saturated rings. The average Bonchev–Trinajstić information content (AvgIpc) is 3.15. The third kappa shape index (κ3) is 5.83. The first kappa shape index (κ1) is 24.5. The van der Waals surface area contributed by atoms with Crippen molar-refractivity contribution in [3.63, 3.8) is 0 Å². The van der Waals surface area contributed by atoms with Crippen LogP contribution in [0.25, 0.3) is 11.3 Å². The summed E-state index contributed by atoms with van der Waals surface area (Å²) >= 11 is 0. The minimum Gasteiger partial charge on any atom is -0.388 e. The lowest BCUT2D eigenvalue weighted by Crippen LogP contribution is -2.29. The van der Waals surface area contributed by atoms with Gasteiger partial charge in [0, 0.05) is 18.0 Å². The van der Waals surface area contributed by atoms with E-state index in [0.29, 0.717) is 18.7 Å². The summed E-state index contributed by atoms with van der Waals surface area (Å²) in [5.74, 6) is -1.39. The molecule has 0 bridgehead atoms. The summed E-state index contributed by atoms with van der Waals surface area (Å²) in [4.78, 5) is 7.00. The van der Waals surface area contributed by atoms with Gasteiger partial charge in [0.1, 0.15) is 11.4 Å². The molecule has 0 unspecified atom stereocenters. The molecule has 0 saturated carbocycles. The summed E-state index contributed by atoms with van der Waals surface area (Å²) in [6.45, 7) is 3.36. The van der Waals surface area contributed by atoms with E-state index in [9.17, 15) is 31.1 Å². The Hall–Kier alpha value is -3.10. The van der Waals surface area contributed by atoms with Crippen LogP contribution in [-0.4, -0.2) is 38.9 Å². The van der Waals surface area contributed by atoms with Gasteiger partial charge in [0.05, 0.1) is 34.6 Å². The molecule has 2 heterocycles. The molecular weight excluding hydrogens is 468 g/mol. The molecule has 9 nitrogen and oxygen atoms in total. The second-order valence-corrected chi connectivity index (χ2v) is 9.10. The average molecular weight is 488 g/mol. The van der Waals surface area contributed by atoms with Crippen LogP contribution in [0, 0.1) is 5.82 Å². The summed E-state index contributed by atoms with van der Waals surface area (Å²) in [6.07, 6.45) is -1.39. The van der Waals surface area contributed by atoms with E-state index in [1.807, 2.05) is 0 Å². The van der Waals surface area contributed by atoms with E-state index < -0.39 is 43.8 Å². The number of anilines is 2. The van der Waals surface area contributed by atoms with Crippen molar-refractivity contribution in [2.45, 2.75) is 43.5 Å². The van der Waals surface area contributed by atoms with E-state index in [2.05, 4.69) is 20.4 Å². The molecule has 0 spiro atoms. The highest BCUT2D eigenvalue weighted by Crippen LogP contribution is 2.36. The van der Waals surface area contributed by atoms with Crippen LogP contribution in [-0.2, 0) is 22.7 Å². The number of hydrogen-bond donors (Lipinski definition) is 3. The van der Waals surface area contributed by atoms with Gasteiger partial charge >= 0.3 is 6.18 Å². The van der Waals surface area contributed by atoms with Crippen LogP contribution in [0.2, 0.25) is 0 Å². The zero-order valence-corrected chi connectivity index (χ0v) is 18.2. The number of nitrogens with zero attached hydrogens (tertiary/aromatic N) is 4. The number of nitrogens with one attached hydrogen (secondary N) is 1. The molecule has 14 heteroatoms.